The Hall–Kier alpha value is -1.62. The number of amides is 1. The smallest absolute Gasteiger partial charge is 0.220 e. The van der Waals surface area contributed by atoms with Gasteiger partial charge in [0.05, 0.1) is 0 Å². The van der Waals surface area contributed by atoms with Crippen molar-refractivity contribution in [3.8, 4) is 0 Å². The monoisotopic (exact) mass is 373 g/mol. The van der Waals surface area contributed by atoms with Gasteiger partial charge in [0.25, 0.3) is 0 Å². The van der Waals surface area contributed by atoms with E-state index in [1.54, 1.807) is 0 Å². The van der Waals surface area contributed by atoms with Crippen LogP contribution in [0, 0.1) is 0 Å². The predicted octanol–water partition coefficient (Wildman–Crippen LogP) is 3.41. The molecule has 0 spiro atoms. The molecule has 26 heavy (non-hydrogen) atoms. The summed E-state index contributed by atoms with van der Waals surface area (Å²) >= 11 is 5.60. The summed E-state index contributed by atoms with van der Waals surface area (Å²) in [5.41, 5.74) is 1.22. The number of thiocarbonyl (C=S) groups is 1. The highest BCUT2D eigenvalue weighted by molar-refractivity contribution is 7.80. The van der Waals surface area contributed by atoms with Gasteiger partial charge >= 0.3 is 0 Å². The number of piperidine rings is 1. The van der Waals surface area contributed by atoms with E-state index in [0.29, 0.717) is 12.5 Å². The molecule has 1 saturated carbocycles. The van der Waals surface area contributed by atoms with E-state index < -0.39 is 0 Å². The number of carbonyl (C=O) groups is 1. The molecule has 1 saturated heterocycles. The Balaban J connectivity index is 1.34. The Labute approximate surface area is 162 Å². The fourth-order valence-corrected chi connectivity index (χ4v) is 4.29. The van der Waals surface area contributed by atoms with Gasteiger partial charge < -0.3 is 15.5 Å². The molecule has 0 radical (unpaired) electrons. The Morgan fingerprint density at radius 2 is 1.62 bits per heavy atom. The zero-order valence-electron chi connectivity index (χ0n) is 15.6. The maximum atomic E-state index is 12.2. The third-order valence-electron chi connectivity index (χ3n) is 5.56. The molecular formula is C21H31N3OS. The second kappa shape index (κ2) is 9.91. The zero-order chi connectivity index (χ0) is 18.2. The van der Waals surface area contributed by atoms with E-state index in [1.165, 1.54) is 37.7 Å². The molecule has 2 N–H and O–H groups in total. The second-order valence-electron chi connectivity index (χ2n) is 7.60. The number of hydrogen-bond donors (Lipinski definition) is 2. The molecule has 2 aliphatic rings. The number of nitrogens with one attached hydrogen (secondary N) is 2. The summed E-state index contributed by atoms with van der Waals surface area (Å²) in [5.74, 6) is 0.162. The van der Waals surface area contributed by atoms with Gasteiger partial charge in [0.1, 0.15) is 0 Å². The van der Waals surface area contributed by atoms with Crippen LogP contribution in [-0.4, -0.2) is 41.1 Å². The Bertz CT molecular complexity index is 578. The number of nitrogens with zero attached hydrogens (tertiary/aromatic N) is 1. The molecule has 0 aromatic heterocycles. The van der Waals surface area contributed by atoms with Gasteiger partial charge in [0.15, 0.2) is 5.11 Å². The van der Waals surface area contributed by atoms with Gasteiger partial charge in [-0.05, 0) is 49.9 Å². The highest BCUT2D eigenvalue weighted by Gasteiger charge is 2.23. The van der Waals surface area contributed by atoms with Crippen LogP contribution in [0.15, 0.2) is 30.3 Å². The van der Waals surface area contributed by atoms with Crippen molar-refractivity contribution >= 4 is 23.2 Å². The largest absolute Gasteiger partial charge is 0.360 e. The molecule has 1 heterocycles. The van der Waals surface area contributed by atoms with Crippen molar-refractivity contribution in [3.05, 3.63) is 35.9 Å². The molecule has 3 rings (SSSR count). The van der Waals surface area contributed by atoms with Gasteiger partial charge in [-0.3, -0.25) is 4.79 Å². The molecule has 0 bridgehead atoms. The lowest BCUT2D eigenvalue weighted by atomic mass is 9.96. The maximum Gasteiger partial charge on any atom is 0.220 e. The average Bonchev–Trinajstić information content (AvgIpc) is 2.68. The summed E-state index contributed by atoms with van der Waals surface area (Å²) in [6.07, 6.45) is 9.80. The van der Waals surface area contributed by atoms with Crippen LogP contribution in [0.4, 0.5) is 0 Å². The zero-order valence-corrected chi connectivity index (χ0v) is 16.4. The van der Waals surface area contributed by atoms with Crippen LogP contribution < -0.4 is 10.6 Å². The Morgan fingerprint density at radius 1 is 0.962 bits per heavy atom. The molecule has 4 nitrogen and oxygen atoms in total. The summed E-state index contributed by atoms with van der Waals surface area (Å²) in [4.78, 5) is 14.5. The molecule has 1 amide bonds. The Kier molecular flexibility index (Phi) is 7.30. The average molecular weight is 374 g/mol. The highest BCUT2D eigenvalue weighted by Crippen LogP contribution is 2.18. The van der Waals surface area contributed by atoms with E-state index in [2.05, 4.69) is 27.7 Å². The first-order valence-corrected chi connectivity index (χ1v) is 10.5. The van der Waals surface area contributed by atoms with E-state index in [-0.39, 0.29) is 11.9 Å². The highest BCUT2D eigenvalue weighted by atomic mass is 32.1. The fraction of sp³-hybridized carbons (Fsp3) is 0.619. The van der Waals surface area contributed by atoms with E-state index in [4.69, 9.17) is 12.2 Å². The molecule has 1 aromatic carbocycles. The van der Waals surface area contributed by atoms with Crippen molar-refractivity contribution in [3.63, 3.8) is 0 Å². The van der Waals surface area contributed by atoms with Crippen LogP contribution in [-0.2, 0) is 11.2 Å². The molecule has 1 aliphatic carbocycles. The number of hydrogen-bond acceptors (Lipinski definition) is 2. The van der Waals surface area contributed by atoms with Crippen LogP contribution >= 0.6 is 12.2 Å². The number of likely N-dealkylation sites (tertiary alicyclic amines) is 1. The van der Waals surface area contributed by atoms with Crippen molar-refractivity contribution in [2.24, 2.45) is 0 Å². The van der Waals surface area contributed by atoms with E-state index in [0.717, 1.165) is 37.5 Å². The van der Waals surface area contributed by atoms with Gasteiger partial charge in [0.2, 0.25) is 5.91 Å². The minimum atomic E-state index is 0.162. The quantitative estimate of drug-likeness (QED) is 0.777. The first-order chi connectivity index (χ1) is 12.7. The first kappa shape index (κ1) is 19.2. The molecule has 1 aromatic rings. The minimum absolute atomic E-state index is 0.162. The molecule has 0 unspecified atom stereocenters. The SMILES string of the molecule is O=C(CCc1ccccc1)NC1CCN(C(=S)NC2CCCCC2)CC1. The third kappa shape index (κ3) is 5.97. The second-order valence-corrected chi connectivity index (χ2v) is 7.99. The summed E-state index contributed by atoms with van der Waals surface area (Å²) in [6, 6.07) is 11.0. The lowest BCUT2D eigenvalue weighted by molar-refractivity contribution is -0.122. The molecule has 2 fully saturated rings. The van der Waals surface area contributed by atoms with Gasteiger partial charge in [-0.15, -0.1) is 0 Å². The summed E-state index contributed by atoms with van der Waals surface area (Å²) < 4.78 is 0. The molecular weight excluding hydrogens is 342 g/mol. The standard InChI is InChI=1S/C21H31N3OS/c25-20(12-11-17-7-3-1-4-8-17)22-19-13-15-24(16-14-19)21(26)23-18-9-5-2-6-10-18/h1,3-4,7-8,18-19H,2,5-6,9-16H2,(H,22,25)(H,23,26). The lowest BCUT2D eigenvalue weighted by Crippen LogP contribution is -2.51. The lowest BCUT2D eigenvalue weighted by Gasteiger charge is -2.36. The Morgan fingerprint density at radius 3 is 2.31 bits per heavy atom. The van der Waals surface area contributed by atoms with Crippen LogP contribution in [0.1, 0.15) is 56.9 Å². The van der Waals surface area contributed by atoms with Crippen molar-refractivity contribution in [2.45, 2.75) is 69.9 Å². The minimum Gasteiger partial charge on any atom is -0.360 e. The van der Waals surface area contributed by atoms with Crippen LogP contribution in [0.5, 0.6) is 0 Å². The van der Waals surface area contributed by atoms with E-state index >= 15 is 0 Å². The number of carbonyl (C=O) groups excluding carboxylic acids is 1. The van der Waals surface area contributed by atoms with Crippen LogP contribution in [0.25, 0.3) is 0 Å². The maximum absolute atomic E-state index is 12.2. The normalized spacial score (nSPS) is 19.2. The van der Waals surface area contributed by atoms with Gasteiger partial charge in [-0.2, -0.15) is 0 Å². The fourth-order valence-electron chi connectivity index (χ4n) is 3.94. The molecule has 0 atom stereocenters. The topological polar surface area (TPSA) is 44.4 Å². The van der Waals surface area contributed by atoms with Crippen molar-refractivity contribution in [2.75, 3.05) is 13.1 Å². The van der Waals surface area contributed by atoms with E-state index in [9.17, 15) is 4.79 Å². The summed E-state index contributed by atoms with van der Waals surface area (Å²) in [6.45, 7) is 1.87. The van der Waals surface area contributed by atoms with Gasteiger partial charge in [0, 0.05) is 31.6 Å². The molecule has 1 aliphatic heterocycles. The predicted molar refractivity (Wildman–Crippen MR) is 110 cm³/mol. The molecule has 5 heteroatoms. The van der Waals surface area contributed by atoms with Crippen LogP contribution in [0.3, 0.4) is 0 Å². The number of rotatable bonds is 5. The number of benzene rings is 1. The summed E-state index contributed by atoms with van der Waals surface area (Å²) in [7, 11) is 0. The van der Waals surface area contributed by atoms with Crippen molar-refractivity contribution in [1.82, 2.24) is 15.5 Å². The molecule has 142 valence electrons. The summed E-state index contributed by atoms with van der Waals surface area (Å²) in [5, 5.41) is 7.66. The number of aryl methyl sites for hydroxylation is 1. The van der Waals surface area contributed by atoms with Gasteiger partial charge in [-0.1, -0.05) is 49.6 Å². The van der Waals surface area contributed by atoms with Crippen molar-refractivity contribution in [1.29, 1.82) is 0 Å². The van der Waals surface area contributed by atoms with Crippen LogP contribution in [0.2, 0.25) is 0 Å². The van der Waals surface area contributed by atoms with Gasteiger partial charge in [-0.25, -0.2) is 0 Å². The van der Waals surface area contributed by atoms with E-state index in [1.807, 2.05) is 18.2 Å². The third-order valence-corrected chi connectivity index (χ3v) is 5.94. The van der Waals surface area contributed by atoms with Crippen molar-refractivity contribution < 1.29 is 4.79 Å². The first-order valence-electron chi connectivity index (χ1n) is 10.1.